The number of nitrogens with one attached hydrogen (secondary N) is 1. The Hall–Kier alpha value is -2.67. The Kier molecular flexibility index (Phi) is 7.02. The van der Waals surface area contributed by atoms with Crippen molar-refractivity contribution in [1.82, 2.24) is 20.0 Å². The molecule has 1 aromatic heterocycles. The Bertz CT molecular complexity index is 1010. The van der Waals surface area contributed by atoms with E-state index in [1.165, 1.54) is 5.56 Å². The minimum absolute atomic E-state index is 0.0557. The van der Waals surface area contributed by atoms with Crippen LogP contribution in [0.4, 0.5) is 0 Å². The number of benzene rings is 2. The number of hydrogen-bond acceptors (Lipinski definition) is 4. The Labute approximate surface area is 187 Å². The molecule has 31 heavy (non-hydrogen) atoms. The smallest absolute Gasteiger partial charge is 0.256 e. The molecule has 1 amide bonds. The van der Waals surface area contributed by atoms with Gasteiger partial charge in [-0.3, -0.25) is 9.69 Å². The second-order valence-corrected chi connectivity index (χ2v) is 8.18. The number of aromatic nitrogens is 2. The van der Waals surface area contributed by atoms with Gasteiger partial charge in [0.2, 0.25) is 0 Å². The first-order valence-electron chi connectivity index (χ1n) is 10.5. The maximum absolute atomic E-state index is 12.8. The van der Waals surface area contributed by atoms with Gasteiger partial charge in [0.15, 0.2) is 0 Å². The first-order chi connectivity index (χ1) is 15.1. The van der Waals surface area contributed by atoms with Crippen LogP contribution in [0.5, 0.6) is 0 Å². The minimum atomic E-state index is -0.217. The number of halogens is 1. The van der Waals surface area contributed by atoms with E-state index in [2.05, 4.69) is 39.6 Å². The monoisotopic (exact) mass is 438 g/mol. The largest absolute Gasteiger partial charge is 0.374 e. The third kappa shape index (κ3) is 5.53. The normalized spacial score (nSPS) is 16.9. The lowest BCUT2D eigenvalue weighted by molar-refractivity contribution is -0.0292. The number of hydrogen-bond donors (Lipinski definition) is 1. The Morgan fingerprint density at radius 2 is 1.74 bits per heavy atom. The first-order valence-corrected chi connectivity index (χ1v) is 10.9. The van der Waals surface area contributed by atoms with Crippen molar-refractivity contribution in [3.8, 4) is 0 Å². The fourth-order valence-corrected chi connectivity index (χ4v) is 4.18. The average Bonchev–Trinajstić information content (AvgIpc) is 3.06. The first kappa shape index (κ1) is 21.6. The van der Waals surface area contributed by atoms with Crippen LogP contribution in [0.1, 0.15) is 27.2 Å². The Balaban J connectivity index is 1.34. The van der Waals surface area contributed by atoms with Crippen LogP contribution >= 0.6 is 11.6 Å². The number of ether oxygens (including phenoxy) is 1. The molecule has 1 fully saturated rings. The van der Waals surface area contributed by atoms with Crippen molar-refractivity contribution >= 4 is 17.5 Å². The fraction of sp³-hybridized carbons (Fsp3) is 0.333. The molecule has 4 rings (SSSR count). The SMILES string of the molecule is Cc1nn(Cc2ccccc2)c(Cl)c1C(=O)NCC1CN(Cc2ccccc2)CCO1. The average molecular weight is 439 g/mol. The van der Waals surface area contributed by atoms with Gasteiger partial charge in [0.05, 0.1) is 30.5 Å². The number of rotatable bonds is 7. The molecule has 0 radical (unpaired) electrons. The van der Waals surface area contributed by atoms with Gasteiger partial charge in [-0.15, -0.1) is 0 Å². The number of aryl methyl sites for hydroxylation is 1. The number of amides is 1. The van der Waals surface area contributed by atoms with E-state index in [-0.39, 0.29) is 12.0 Å². The molecular weight excluding hydrogens is 412 g/mol. The van der Waals surface area contributed by atoms with E-state index in [0.29, 0.717) is 36.1 Å². The van der Waals surface area contributed by atoms with Crippen molar-refractivity contribution in [1.29, 1.82) is 0 Å². The highest BCUT2D eigenvalue weighted by Gasteiger charge is 2.24. The molecule has 2 heterocycles. The lowest BCUT2D eigenvalue weighted by Gasteiger charge is -2.33. The maximum atomic E-state index is 12.8. The number of carbonyl (C=O) groups excluding carboxylic acids is 1. The van der Waals surface area contributed by atoms with Crippen LogP contribution in [-0.2, 0) is 17.8 Å². The molecule has 0 bridgehead atoms. The summed E-state index contributed by atoms with van der Waals surface area (Å²) in [6.07, 6.45) is -0.0557. The molecule has 6 nitrogen and oxygen atoms in total. The summed E-state index contributed by atoms with van der Waals surface area (Å²) in [5, 5.41) is 7.80. The minimum Gasteiger partial charge on any atom is -0.374 e. The standard InChI is InChI=1S/C24H27ClN4O2/c1-18-22(23(25)29(27-18)16-20-10-6-3-7-11-20)24(30)26-14-21-17-28(12-13-31-21)15-19-8-4-2-5-9-19/h2-11,21H,12-17H2,1H3,(H,26,30). The van der Waals surface area contributed by atoms with E-state index in [9.17, 15) is 4.79 Å². The zero-order chi connectivity index (χ0) is 21.6. The summed E-state index contributed by atoms with van der Waals surface area (Å²) in [5.74, 6) is -0.217. The third-order valence-electron chi connectivity index (χ3n) is 5.43. The van der Waals surface area contributed by atoms with Gasteiger partial charge in [-0.2, -0.15) is 5.10 Å². The fourth-order valence-electron chi connectivity index (χ4n) is 3.86. The molecule has 1 aliphatic rings. The van der Waals surface area contributed by atoms with Gasteiger partial charge in [0, 0.05) is 26.2 Å². The third-order valence-corrected chi connectivity index (χ3v) is 5.81. The zero-order valence-corrected chi connectivity index (χ0v) is 18.4. The van der Waals surface area contributed by atoms with Crippen molar-refractivity contribution in [2.45, 2.75) is 26.1 Å². The molecule has 3 aromatic rings. The highest BCUT2D eigenvalue weighted by Crippen LogP contribution is 2.21. The highest BCUT2D eigenvalue weighted by atomic mass is 35.5. The van der Waals surface area contributed by atoms with Crippen molar-refractivity contribution in [2.75, 3.05) is 26.2 Å². The summed E-state index contributed by atoms with van der Waals surface area (Å²) < 4.78 is 7.53. The number of nitrogens with zero attached hydrogens (tertiary/aromatic N) is 3. The summed E-state index contributed by atoms with van der Waals surface area (Å²) in [7, 11) is 0. The lowest BCUT2D eigenvalue weighted by Crippen LogP contribution is -2.47. The predicted molar refractivity (Wildman–Crippen MR) is 121 cm³/mol. The van der Waals surface area contributed by atoms with E-state index >= 15 is 0 Å². The molecule has 0 saturated carbocycles. The quantitative estimate of drug-likeness (QED) is 0.613. The van der Waals surface area contributed by atoms with Crippen LogP contribution in [-0.4, -0.2) is 52.9 Å². The highest BCUT2D eigenvalue weighted by molar-refractivity contribution is 6.33. The van der Waals surface area contributed by atoms with Gasteiger partial charge in [-0.05, 0) is 18.1 Å². The molecular formula is C24H27ClN4O2. The molecule has 1 N–H and O–H groups in total. The van der Waals surface area contributed by atoms with Crippen LogP contribution in [0.15, 0.2) is 60.7 Å². The molecule has 2 aromatic carbocycles. The van der Waals surface area contributed by atoms with Crippen LogP contribution in [0.2, 0.25) is 5.15 Å². The summed E-state index contributed by atoms with van der Waals surface area (Å²) in [6.45, 7) is 5.96. The van der Waals surface area contributed by atoms with E-state index in [0.717, 1.165) is 25.2 Å². The van der Waals surface area contributed by atoms with Crippen molar-refractivity contribution in [3.05, 3.63) is 88.2 Å². The summed E-state index contributed by atoms with van der Waals surface area (Å²) >= 11 is 6.51. The molecule has 0 aliphatic carbocycles. The van der Waals surface area contributed by atoms with Gasteiger partial charge >= 0.3 is 0 Å². The van der Waals surface area contributed by atoms with Gasteiger partial charge in [0.25, 0.3) is 5.91 Å². The second kappa shape index (κ2) is 10.1. The van der Waals surface area contributed by atoms with Gasteiger partial charge < -0.3 is 10.1 Å². The summed E-state index contributed by atoms with van der Waals surface area (Å²) in [4.78, 5) is 15.2. The summed E-state index contributed by atoms with van der Waals surface area (Å²) in [6, 6.07) is 20.3. The van der Waals surface area contributed by atoms with Crippen molar-refractivity contribution in [2.24, 2.45) is 0 Å². The Morgan fingerprint density at radius 3 is 2.42 bits per heavy atom. The molecule has 1 unspecified atom stereocenters. The van der Waals surface area contributed by atoms with Gasteiger partial charge in [-0.1, -0.05) is 72.3 Å². The molecule has 1 atom stereocenters. The van der Waals surface area contributed by atoms with Gasteiger partial charge in [0.1, 0.15) is 5.15 Å². The van der Waals surface area contributed by atoms with Crippen LogP contribution in [0, 0.1) is 6.92 Å². The predicted octanol–water partition coefficient (Wildman–Crippen LogP) is 3.52. The van der Waals surface area contributed by atoms with E-state index < -0.39 is 0 Å². The van der Waals surface area contributed by atoms with Crippen molar-refractivity contribution in [3.63, 3.8) is 0 Å². The molecule has 1 aliphatic heterocycles. The molecule has 162 valence electrons. The lowest BCUT2D eigenvalue weighted by atomic mass is 10.2. The molecule has 1 saturated heterocycles. The summed E-state index contributed by atoms with van der Waals surface area (Å²) in [5.41, 5.74) is 3.40. The Morgan fingerprint density at radius 1 is 1.10 bits per heavy atom. The molecule has 0 spiro atoms. The molecule has 7 heteroatoms. The van der Waals surface area contributed by atoms with Crippen molar-refractivity contribution < 1.29 is 9.53 Å². The van der Waals surface area contributed by atoms with Crippen LogP contribution in [0.3, 0.4) is 0 Å². The van der Waals surface area contributed by atoms with Crippen LogP contribution < -0.4 is 5.32 Å². The van der Waals surface area contributed by atoms with E-state index in [1.54, 1.807) is 11.6 Å². The second-order valence-electron chi connectivity index (χ2n) is 7.82. The topological polar surface area (TPSA) is 59.4 Å². The zero-order valence-electron chi connectivity index (χ0n) is 17.6. The maximum Gasteiger partial charge on any atom is 0.256 e. The number of carbonyl (C=O) groups is 1. The number of morpholine rings is 1. The van der Waals surface area contributed by atoms with E-state index in [1.807, 2.05) is 36.4 Å². The van der Waals surface area contributed by atoms with Crippen LogP contribution in [0.25, 0.3) is 0 Å². The van der Waals surface area contributed by atoms with E-state index in [4.69, 9.17) is 16.3 Å². The van der Waals surface area contributed by atoms with Gasteiger partial charge in [-0.25, -0.2) is 4.68 Å².